The van der Waals surface area contributed by atoms with E-state index in [9.17, 15) is 9.59 Å². The lowest BCUT2D eigenvalue weighted by Crippen LogP contribution is -2.13. The highest BCUT2D eigenvalue weighted by molar-refractivity contribution is 6.04. The predicted molar refractivity (Wildman–Crippen MR) is 109 cm³/mol. The molecule has 0 aliphatic rings. The Morgan fingerprint density at radius 1 is 0.897 bits per heavy atom. The first-order valence-electron chi connectivity index (χ1n) is 8.73. The summed E-state index contributed by atoms with van der Waals surface area (Å²) in [6.45, 7) is 1.51. The van der Waals surface area contributed by atoms with Gasteiger partial charge in [-0.2, -0.15) is 0 Å². The number of aromatic nitrogens is 2. The van der Waals surface area contributed by atoms with E-state index in [1.807, 2.05) is 0 Å². The van der Waals surface area contributed by atoms with Crippen molar-refractivity contribution in [3.63, 3.8) is 0 Å². The highest BCUT2D eigenvalue weighted by Gasteiger charge is 2.12. The fourth-order valence-electron chi connectivity index (χ4n) is 2.52. The van der Waals surface area contributed by atoms with Crippen molar-refractivity contribution < 1.29 is 19.1 Å². The zero-order valence-electron chi connectivity index (χ0n) is 16.2. The molecule has 1 amide bonds. The third kappa shape index (κ3) is 4.86. The summed E-state index contributed by atoms with van der Waals surface area (Å²) in [6.07, 6.45) is 2.84. The number of ketones is 1. The summed E-state index contributed by atoms with van der Waals surface area (Å²) < 4.78 is 10.4. The second-order valence-electron chi connectivity index (χ2n) is 6.07. The Bertz CT molecular complexity index is 1020. The number of amides is 1. The van der Waals surface area contributed by atoms with Crippen molar-refractivity contribution in [2.75, 3.05) is 24.9 Å². The van der Waals surface area contributed by atoms with Gasteiger partial charge in [0.1, 0.15) is 11.5 Å². The van der Waals surface area contributed by atoms with E-state index in [0.717, 1.165) is 5.69 Å². The lowest BCUT2D eigenvalue weighted by atomic mass is 10.1. The first-order chi connectivity index (χ1) is 14.0. The van der Waals surface area contributed by atoms with Gasteiger partial charge in [0.15, 0.2) is 5.78 Å². The van der Waals surface area contributed by atoms with E-state index in [0.29, 0.717) is 34.3 Å². The van der Waals surface area contributed by atoms with Gasteiger partial charge in [0.2, 0.25) is 5.95 Å². The fourth-order valence-corrected chi connectivity index (χ4v) is 2.52. The van der Waals surface area contributed by atoms with Crippen LogP contribution in [0.25, 0.3) is 0 Å². The lowest BCUT2D eigenvalue weighted by molar-refractivity contribution is 0.101. The first-order valence-corrected chi connectivity index (χ1v) is 8.73. The Balaban J connectivity index is 1.68. The lowest BCUT2D eigenvalue weighted by Gasteiger charge is -2.11. The molecular formula is C21H20N4O4. The number of anilines is 3. The van der Waals surface area contributed by atoms with Crippen LogP contribution in [0, 0.1) is 0 Å². The number of nitrogens with zero attached hydrogens (tertiary/aromatic N) is 2. The van der Waals surface area contributed by atoms with Gasteiger partial charge in [-0.15, -0.1) is 0 Å². The SMILES string of the molecule is COc1ccc(NC(=O)c2cnc(Nc3ccc(C(C)=O)cc3)nc2)c(OC)c1. The molecule has 0 radical (unpaired) electrons. The minimum Gasteiger partial charge on any atom is -0.497 e. The van der Waals surface area contributed by atoms with Gasteiger partial charge in [-0.1, -0.05) is 0 Å². The first kappa shape index (κ1) is 19.8. The van der Waals surface area contributed by atoms with Gasteiger partial charge in [0.25, 0.3) is 5.91 Å². The normalized spacial score (nSPS) is 10.2. The Kier molecular flexibility index (Phi) is 6.03. The Hall–Kier alpha value is -3.94. The van der Waals surface area contributed by atoms with Gasteiger partial charge in [-0.25, -0.2) is 9.97 Å². The van der Waals surface area contributed by atoms with Crippen molar-refractivity contribution in [2.24, 2.45) is 0 Å². The van der Waals surface area contributed by atoms with Crippen molar-refractivity contribution >= 4 is 29.0 Å². The Labute approximate surface area is 167 Å². The molecule has 0 saturated carbocycles. The monoisotopic (exact) mass is 392 g/mol. The number of hydrogen-bond acceptors (Lipinski definition) is 7. The number of nitrogens with one attached hydrogen (secondary N) is 2. The van der Waals surface area contributed by atoms with E-state index in [1.54, 1.807) is 49.6 Å². The molecule has 2 N–H and O–H groups in total. The molecule has 1 aromatic heterocycles. The summed E-state index contributed by atoms with van der Waals surface area (Å²) in [6, 6.07) is 12.0. The summed E-state index contributed by atoms with van der Waals surface area (Å²) in [7, 11) is 3.06. The molecular weight excluding hydrogens is 372 g/mol. The molecule has 0 saturated heterocycles. The van der Waals surface area contributed by atoms with Crippen LogP contribution >= 0.6 is 0 Å². The molecule has 29 heavy (non-hydrogen) atoms. The molecule has 0 spiro atoms. The Morgan fingerprint density at radius 3 is 2.17 bits per heavy atom. The van der Waals surface area contributed by atoms with Gasteiger partial charge >= 0.3 is 0 Å². The van der Waals surface area contributed by atoms with Crippen LogP contribution in [-0.2, 0) is 0 Å². The van der Waals surface area contributed by atoms with Crippen LogP contribution in [0.3, 0.4) is 0 Å². The smallest absolute Gasteiger partial charge is 0.258 e. The molecule has 8 nitrogen and oxygen atoms in total. The molecule has 0 aliphatic heterocycles. The van der Waals surface area contributed by atoms with E-state index >= 15 is 0 Å². The standard InChI is InChI=1S/C21H20N4O4/c1-13(26)14-4-6-16(7-5-14)24-21-22-11-15(12-23-21)20(27)25-18-9-8-17(28-2)10-19(18)29-3/h4-12H,1-3H3,(H,25,27)(H,22,23,24). The maximum absolute atomic E-state index is 12.5. The second kappa shape index (κ2) is 8.83. The molecule has 3 aromatic rings. The highest BCUT2D eigenvalue weighted by atomic mass is 16.5. The number of rotatable bonds is 7. The number of ether oxygens (including phenoxy) is 2. The van der Waals surface area contributed by atoms with Crippen LogP contribution in [0.5, 0.6) is 11.5 Å². The quantitative estimate of drug-likeness (QED) is 0.591. The number of methoxy groups -OCH3 is 2. The molecule has 1 heterocycles. The number of carbonyl (C=O) groups excluding carboxylic acids is 2. The average Bonchev–Trinajstić information content (AvgIpc) is 2.74. The third-order valence-corrected chi connectivity index (χ3v) is 4.12. The second-order valence-corrected chi connectivity index (χ2v) is 6.07. The van der Waals surface area contributed by atoms with Crippen LogP contribution in [0.2, 0.25) is 0 Å². The minimum absolute atomic E-state index is 0.00310. The van der Waals surface area contributed by atoms with Crippen LogP contribution < -0.4 is 20.1 Å². The van der Waals surface area contributed by atoms with Crippen LogP contribution in [0.15, 0.2) is 54.9 Å². The summed E-state index contributed by atoms with van der Waals surface area (Å²) in [5.41, 5.74) is 2.15. The predicted octanol–water partition coefficient (Wildman–Crippen LogP) is 3.69. The molecule has 3 rings (SSSR count). The van der Waals surface area contributed by atoms with E-state index in [2.05, 4.69) is 20.6 Å². The average molecular weight is 392 g/mol. The van der Waals surface area contributed by atoms with E-state index in [4.69, 9.17) is 9.47 Å². The number of hydrogen-bond donors (Lipinski definition) is 2. The largest absolute Gasteiger partial charge is 0.497 e. The van der Waals surface area contributed by atoms with E-state index < -0.39 is 0 Å². The van der Waals surface area contributed by atoms with Crippen molar-refractivity contribution in [1.82, 2.24) is 9.97 Å². The van der Waals surface area contributed by atoms with Crippen molar-refractivity contribution in [1.29, 1.82) is 0 Å². The molecule has 148 valence electrons. The maximum Gasteiger partial charge on any atom is 0.258 e. The van der Waals surface area contributed by atoms with Crippen LogP contribution in [0.4, 0.5) is 17.3 Å². The van der Waals surface area contributed by atoms with Gasteiger partial charge in [-0.05, 0) is 43.3 Å². The van der Waals surface area contributed by atoms with Crippen LogP contribution in [0.1, 0.15) is 27.6 Å². The fraction of sp³-hybridized carbons (Fsp3) is 0.143. The number of Topliss-reactive ketones (excluding diaryl/α,β-unsaturated/α-hetero) is 1. The van der Waals surface area contributed by atoms with Crippen molar-refractivity contribution in [3.05, 3.63) is 66.0 Å². The maximum atomic E-state index is 12.5. The van der Waals surface area contributed by atoms with Gasteiger partial charge < -0.3 is 20.1 Å². The highest BCUT2D eigenvalue weighted by Crippen LogP contribution is 2.29. The summed E-state index contributed by atoms with van der Waals surface area (Å²) >= 11 is 0. The Morgan fingerprint density at radius 2 is 1.59 bits per heavy atom. The minimum atomic E-state index is -0.370. The molecule has 0 aliphatic carbocycles. The zero-order chi connectivity index (χ0) is 20.8. The molecule has 8 heteroatoms. The topological polar surface area (TPSA) is 102 Å². The summed E-state index contributed by atoms with van der Waals surface area (Å²) in [5, 5.41) is 5.78. The van der Waals surface area contributed by atoms with E-state index in [1.165, 1.54) is 26.4 Å². The summed E-state index contributed by atoms with van der Waals surface area (Å²) in [5.74, 6) is 1.06. The number of carbonyl (C=O) groups is 2. The molecule has 0 bridgehead atoms. The van der Waals surface area contributed by atoms with Gasteiger partial charge in [-0.3, -0.25) is 9.59 Å². The summed E-state index contributed by atoms with van der Waals surface area (Å²) in [4.78, 5) is 32.1. The van der Waals surface area contributed by atoms with Crippen molar-refractivity contribution in [2.45, 2.75) is 6.92 Å². The van der Waals surface area contributed by atoms with Crippen molar-refractivity contribution in [3.8, 4) is 11.5 Å². The zero-order valence-corrected chi connectivity index (χ0v) is 16.2. The van der Waals surface area contributed by atoms with E-state index in [-0.39, 0.29) is 11.7 Å². The third-order valence-electron chi connectivity index (χ3n) is 4.12. The molecule has 2 aromatic carbocycles. The van der Waals surface area contributed by atoms with Gasteiger partial charge in [0, 0.05) is 29.7 Å². The number of benzene rings is 2. The van der Waals surface area contributed by atoms with Gasteiger partial charge in [0.05, 0.1) is 25.5 Å². The molecule has 0 fully saturated rings. The molecule has 0 atom stereocenters. The van der Waals surface area contributed by atoms with Crippen LogP contribution in [-0.4, -0.2) is 35.9 Å². The molecule has 0 unspecified atom stereocenters.